The van der Waals surface area contributed by atoms with Gasteiger partial charge in [-0.2, -0.15) is 5.10 Å². The maximum Gasteiger partial charge on any atom is 0.283 e. The van der Waals surface area contributed by atoms with E-state index in [-0.39, 0.29) is 23.7 Å². The molecule has 0 spiro atoms. The van der Waals surface area contributed by atoms with Gasteiger partial charge in [-0.25, -0.2) is 4.68 Å². The van der Waals surface area contributed by atoms with Crippen LogP contribution in [0.15, 0.2) is 15.5 Å². The zero-order chi connectivity index (χ0) is 11.9. The summed E-state index contributed by atoms with van der Waals surface area (Å²) in [5, 5.41) is 7.31. The van der Waals surface area contributed by atoms with Gasteiger partial charge in [0.2, 0.25) is 0 Å². The fraction of sp³-hybridized carbons (Fsp3) is 0.600. The minimum absolute atomic E-state index is 0.0565. The van der Waals surface area contributed by atoms with Crippen LogP contribution in [0, 0.1) is 0 Å². The Labute approximate surface area is 102 Å². The molecule has 0 radical (unpaired) electrons. The molecule has 1 aliphatic carbocycles. The molecule has 1 aromatic rings. The Morgan fingerprint density at radius 3 is 2.81 bits per heavy atom. The Balaban J connectivity index is 2.28. The fourth-order valence-electron chi connectivity index (χ4n) is 1.49. The Morgan fingerprint density at radius 2 is 2.31 bits per heavy atom. The second kappa shape index (κ2) is 4.18. The number of nitrogens with one attached hydrogen (secondary N) is 1. The van der Waals surface area contributed by atoms with E-state index >= 15 is 0 Å². The lowest BCUT2D eigenvalue weighted by Crippen LogP contribution is -2.26. The van der Waals surface area contributed by atoms with Gasteiger partial charge in [-0.3, -0.25) is 4.79 Å². The van der Waals surface area contributed by atoms with E-state index in [4.69, 9.17) is 5.73 Å². The SMILES string of the molecule is CC(C)n1ncc(NC2CC2N)c(Br)c1=O. The number of hydrogen-bond acceptors (Lipinski definition) is 4. The average molecular weight is 287 g/mol. The largest absolute Gasteiger partial charge is 0.378 e. The van der Waals surface area contributed by atoms with Crippen LogP contribution in [0.2, 0.25) is 0 Å². The average Bonchev–Trinajstić information content (AvgIpc) is 2.89. The molecule has 1 aliphatic rings. The van der Waals surface area contributed by atoms with Crippen LogP contribution in [0.25, 0.3) is 0 Å². The second-order valence-corrected chi connectivity index (χ2v) is 5.16. The highest BCUT2D eigenvalue weighted by atomic mass is 79.9. The first kappa shape index (κ1) is 11.6. The van der Waals surface area contributed by atoms with Crippen molar-refractivity contribution in [2.24, 2.45) is 5.73 Å². The minimum Gasteiger partial charge on any atom is -0.378 e. The summed E-state index contributed by atoms with van der Waals surface area (Å²) < 4.78 is 1.97. The smallest absolute Gasteiger partial charge is 0.283 e. The summed E-state index contributed by atoms with van der Waals surface area (Å²) in [7, 11) is 0. The zero-order valence-corrected chi connectivity index (χ0v) is 10.9. The van der Waals surface area contributed by atoms with E-state index in [1.807, 2.05) is 13.8 Å². The minimum atomic E-state index is -0.116. The standard InChI is InChI=1S/C10H15BrN4O/c1-5(2)15-10(16)9(11)8(4-13-15)14-7-3-6(7)12/h4-7,14H,3,12H2,1-2H3. The molecule has 1 aromatic heterocycles. The molecular weight excluding hydrogens is 272 g/mol. The van der Waals surface area contributed by atoms with Crippen LogP contribution in [-0.4, -0.2) is 21.9 Å². The summed E-state index contributed by atoms with van der Waals surface area (Å²) in [6.07, 6.45) is 2.61. The summed E-state index contributed by atoms with van der Waals surface area (Å²) >= 11 is 3.30. The van der Waals surface area contributed by atoms with Gasteiger partial charge in [0.15, 0.2) is 0 Å². The summed E-state index contributed by atoms with van der Waals surface area (Å²) in [5.41, 5.74) is 6.30. The molecule has 2 unspecified atom stereocenters. The zero-order valence-electron chi connectivity index (χ0n) is 9.27. The molecule has 3 N–H and O–H groups in total. The van der Waals surface area contributed by atoms with Crippen LogP contribution in [-0.2, 0) is 0 Å². The van der Waals surface area contributed by atoms with Gasteiger partial charge in [-0.15, -0.1) is 0 Å². The molecule has 1 saturated carbocycles. The van der Waals surface area contributed by atoms with Gasteiger partial charge < -0.3 is 11.1 Å². The lowest BCUT2D eigenvalue weighted by molar-refractivity contribution is 0.501. The third-order valence-corrected chi connectivity index (χ3v) is 3.38. The van der Waals surface area contributed by atoms with Crippen molar-refractivity contribution in [2.75, 3.05) is 5.32 Å². The summed E-state index contributed by atoms with van der Waals surface area (Å²) in [4.78, 5) is 11.9. The number of nitrogens with two attached hydrogens (primary N) is 1. The molecule has 0 aromatic carbocycles. The normalized spacial score (nSPS) is 23.6. The fourth-order valence-corrected chi connectivity index (χ4v) is 1.89. The van der Waals surface area contributed by atoms with Gasteiger partial charge in [0, 0.05) is 12.1 Å². The van der Waals surface area contributed by atoms with Crippen molar-refractivity contribution in [1.29, 1.82) is 0 Å². The van der Waals surface area contributed by atoms with Crippen molar-refractivity contribution in [3.63, 3.8) is 0 Å². The van der Waals surface area contributed by atoms with E-state index in [2.05, 4.69) is 26.3 Å². The van der Waals surface area contributed by atoms with E-state index < -0.39 is 0 Å². The van der Waals surface area contributed by atoms with E-state index in [0.29, 0.717) is 4.47 Å². The third kappa shape index (κ3) is 2.12. The van der Waals surface area contributed by atoms with Gasteiger partial charge >= 0.3 is 0 Å². The molecule has 0 aliphatic heterocycles. The summed E-state index contributed by atoms with van der Waals surface area (Å²) in [6, 6.07) is 0.521. The van der Waals surface area contributed by atoms with Gasteiger partial charge in [0.1, 0.15) is 4.47 Å². The lowest BCUT2D eigenvalue weighted by atomic mass is 10.4. The van der Waals surface area contributed by atoms with Gasteiger partial charge in [0.05, 0.1) is 17.9 Å². The maximum atomic E-state index is 11.9. The first-order valence-corrected chi connectivity index (χ1v) is 6.09. The highest BCUT2D eigenvalue weighted by Gasteiger charge is 2.34. The molecular formula is C10H15BrN4O. The first-order valence-electron chi connectivity index (χ1n) is 5.30. The van der Waals surface area contributed by atoms with Gasteiger partial charge in [0.25, 0.3) is 5.56 Å². The van der Waals surface area contributed by atoms with Gasteiger partial charge in [-0.05, 0) is 36.2 Å². The van der Waals surface area contributed by atoms with Crippen LogP contribution in [0.4, 0.5) is 5.69 Å². The Morgan fingerprint density at radius 1 is 1.69 bits per heavy atom. The molecule has 1 heterocycles. The van der Waals surface area contributed by atoms with Crippen LogP contribution in [0.1, 0.15) is 26.3 Å². The number of aromatic nitrogens is 2. The monoisotopic (exact) mass is 286 g/mol. The molecule has 0 bridgehead atoms. The van der Waals surface area contributed by atoms with Gasteiger partial charge in [-0.1, -0.05) is 0 Å². The summed E-state index contributed by atoms with van der Waals surface area (Å²) in [6.45, 7) is 3.84. The van der Waals surface area contributed by atoms with Crippen molar-refractivity contribution in [1.82, 2.24) is 9.78 Å². The maximum absolute atomic E-state index is 11.9. The van der Waals surface area contributed by atoms with Crippen molar-refractivity contribution >= 4 is 21.6 Å². The molecule has 1 fully saturated rings. The van der Waals surface area contributed by atoms with Crippen LogP contribution in [0.5, 0.6) is 0 Å². The molecule has 5 nitrogen and oxygen atoms in total. The molecule has 2 atom stereocenters. The Hall–Kier alpha value is -0.880. The van der Waals surface area contributed by atoms with Crippen molar-refractivity contribution in [2.45, 2.75) is 38.4 Å². The molecule has 0 amide bonds. The molecule has 0 saturated heterocycles. The van der Waals surface area contributed by atoms with Crippen molar-refractivity contribution < 1.29 is 0 Å². The molecule has 16 heavy (non-hydrogen) atoms. The number of rotatable bonds is 3. The number of halogens is 1. The Bertz CT molecular complexity index is 457. The predicted molar refractivity (Wildman–Crippen MR) is 66.6 cm³/mol. The van der Waals surface area contributed by atoms with E-state index in [9.17, 15) is 4.79 Å². The second-order valence-electron chi connectivity index (χ2n) is 4.37. The predicted octanol–water partition coefficient (Wildman–Crippen LogP) is 1.10. The van der Waals surface area contributed by atoms with E-state index in [1.165, 1.54) is 4.68 Å². The van der Waals surface area contributed by atoms with Crippen LogP contribution in [0.3, 0.4) is 0 Å². The summed E-state index contributed by atoms with van der Waals surface area (Å²) in [5.74, 6) is 0. The Kier molecular flexibility index (Phi) is 3.03. The van der Waals surface area contributed by atoms with Crippen molar-refractivity contribution in [3.8, 4) is 0 Å². The van der Waals surface area contributed by atoms with Crippen LogP contribution < -0.4 is 16.6 Å². The highest BCUT2D eigenvalue weighted by Crippen LogP contribution is 2.26. The highest BCUT2D eigenvalue weighted by molar-refractivity contribution is 9.10. The van der Waals surface area contributed by atoms with Crippen LogP contribution >= 0.6 is 15.9 Å². The molecule has 88 valence electrons. The number of hydrogen-bond donors (Lipinski definition) is 2. The first-order chi connectivity index (χ1) is 7.50. The topological polar surface area (TPSA) is 72.9 Å². The third-order valence-electron chi connectivity index (χ3n) is 2.61. The molecule has 6 heteroatoms. The van der Waals surface area contributed by atoms with Crippen molar-refractivity contribution in [3.05, 3.63) is 21.0 Å². The number of anilines is 1. The van der Waals surface area contributed by atoms with E-state index in [0.717, 1.165) is 12.1 Å². The number of nitrogens with zero attached hydrogens (tertiary/aromatic N) is 2. The quantitative estimate of drug-likeness (QED) is 0.873. The molecule has 2 rings (SSSR count). The van der Waals surface area contributed by atoms with E-state index in [1.54, 1.807) is 6.20 Å². The lowest BCUT2D eigenvalue weighted by Gasteiger charge is -2.12.